The van der Waals surface area contributed by atoms with E-state index < -0.39 is 0 Å². The molecule has 1 N–H and O–H groups in total. The molecule has 0 spiro atoms. The second kappa shape index (κ2) is 9.72. The van der Waals surface area contributed by atoms with Gasteiger partial charge in [0, 0.05) is 21.8 Å². The molecule has 0 aliphatic carbocycles. The Morgan fingerprint density at radius 2 is 1.65 bits per heavy atom. The summed E-state index contributed by atoms with van der Waals surface area (Å²) in [7, 11) is 0. The van der Waals surface area contributed by atoms with Gasteiger partial charge in [0.25, 0.3) is 0 Å². The van der Waals surface area contributed by atoms with Gasteiger partial charge in [0.05, 0.1) is 17.6 Å². The number of nitrogens with zero attached hydrogens (tertiary/aromatic N) is 3. The highest BCUT2D eigenvalue weighted by Crippen LogP contribution is 2.27. The third kappa shape index (κ3) is 4.65. The zero-order chi connectivity index (χ0) is 23.7. The smallest absolute Gasteiger partial charge is 0.227 e. The number of hydrogen-bond acceptors (Lipinski definition) is 3. The van der Waals surface area contributed by atoms with Crippen LogP contribution in [0.5, 0.6) is 0 Å². The number of carbonyl (C=O) groups excluding carboxylic acids is 1. The molecule has 0 atom stereocenters. The molecule has 1 aliphatic heterocycles. The van der Waals surface area contributed by atoms with Gasteiger partial charge in [-0.3, -0.25) is 14.3 Å². The number of halogens is 1. The van der Waals surface area contributed by atoms with E-state index in [1.807, 2.05) is 38.1 Å². The van der Waals surface area contributed by atoms with Crippen LogP contribution in [0.3, 0.4) is 0 Å². The SMILES string of the molecule is Cc1cccc(C)c1NC(=O)C1CCN(Cc2nc3ccccc3n2-c2ccc(Br)cc2)CC1. The first kappa shape index (κ1) is 22.8. The fraction of sp³-hybridized carbons (Fsp3) is 0.286. The van der Waals surface area contributed by atoms with Gasteiger partial charge in [-0.2, -0.15) is 0 Å². The molecule has 0 radical (unpaired) electrons. The predicted molar refractivity (Wildman–Crippen MR) is 141 cm³/mol. The number of anilines is 1. The number of para-hydroxylation sites is 3. The first-order chi connectivity index (χ1) is 16.5. The number of carbonyl (C=O) groups is 1. The summed E-state index contributed by atoms with van der Waals surface area (Å²) < 4.78 is 3.31. The molecule has 4 aromatic rings. The van der Waals surface area contributed by atoms with Crippen molar-refractivity contribution in [3.8, 4) is 5.69 Å². The van der Waals surface area contributed by atoms with Gasteiger partial charge in [0.15, 0.2) is 0 Å². The first-order valence-electron chi connectivity index (χ1n) is 11.8. The van der Waals surface area contributed by atoms with Crippen LogP contribution in [0, 0.1) is 19.8 Å². The van der Waals surface area contributed by atoms with E-state index in [1.54, 1.807) is 0 Å². The molecular weight excluding hydrogens is 488 g/mol. The fourth-order valence-corrected chi connectivity index (χ4v) is 5.11. The van der Waals surface area contributed by atoms with Crippen molar-refractivity contribution in [1.29, 1.82) is 0 Å². The standard InChI is InChI=1S/C28H29BrN4O/c1-19-6-5-7-20(2)27(19)31-28(34)21-14-16-32(17-15-21)18-26-30-24-8-3-4-9-25(24)33(26)23-12-10-22(29)11-13-23/h3-13,21H,14-18H2,1-2H3,(H,31,34). The Kier molecular flexibility index (Phi) is 6.53. The van der Waals surface area contributed by atoms with Crippen molar-refractivity contribution in [1.82, 2.24) is 14.5 Å². The number of amides is 1. The predicted octanol–water partition coefficient (Wildman–Crippen LogP) is 6.26. The molecule has 6 heteroatoms. The monoisotopic (exact) mass is 516 g/mol. The summed E-state index contributed by atoms with van der Waals surface area (Å²) in [5.74, 6) is 1.21. The molecule has 34 heavy (non-hydrogen) atoms. The summed E-state index contributed by atoms with van der Waals surface area (Å²) in [6, 6.07) is 22.8. The number of rotatable bonds is 5. The van der Waals surface area contributed by atoms with Crippen molar-refractivity contribution in [2.75, 3.05) is 18.4 Å². The summed E-state index contributed by atoms with van der Waals surface area (Å²) in [4.78, 5) is 20.4. The van der Waals surface area contributed by atoms with Crippen LogP contribution in [0.1, 0.15) is 29.8 Å². The highest BCUT2D eigenvalue weighted by molar-refractivity contribution is 9.10. The number of aromatic nitrogens is 2. The Morgan fingerprint density at radius 3 is 2.35 bits per heavy atom. The lowest BCUT2D eigenvalue weighted by molar-refractivity contribution is -0.121. The molecule has 2 heterocycles. The van der Waals surface area contributed by atoms with Crippen LogP contribution in [0.15, 0.2) is 71.2 Å². The zero-order valence-corrected chi connectivity index (χ0v) is 21.2. The lowest BCUT2D eigenvalue weighted by Gasteiger charge is -2.31. The van der Waals surface area contributed by atoms with Crippen molar-refractivity contribution < 1.29 is 4.79 Å². The highest BCUT2D eigenvalue weighted by atomic mass is 79.9. The first-order valence-corrected chi connectivity index (χ1v) is 12.6. The molecule has 5 rings (SSSR count). The number of fused-ring (bicyclic) bond motifs is 1. The molecular formula is C28H29BrN4O. The van der Waals surface area contributed by atoms with Gasteiger partial charge in [0.1, 0.15) is 5.82 Å². The van der Waals surface area contributed by atoms with E-state index in [1.165, 1.54) is 0 Å². The average molecular weight is 517 g/mol. The van der Waals surface area contributed by atoms with Crippen molar-refractivity contribution in [3.05, 3.63) is 88.2 Å². The van der Waals surface area contributed by atoms with Crippen molar-refractivity contribution in [2.45, 2.75) is 33.2 Å². The fourth-order valence-electron chi connectivity index (χ4n) is 4.85. The van der Waals surface area contributed by atoms with Gasteiger partial charge in [-0.15, -0.1) is 0 Å². The highest BCUT2D eigenvalue weighted by Gasteiger charge is 2.27. The van der Waals surface area contributed by atoms with Crippen LogP contribution in [0.4, 0.5) is 5.69 Å². The van der Waals surface area contributed by atoms with E-state index in [0.29, 0.717) is 0 Å². The minimum Gasteiger partial charge on any atom is -0.325 e. The van der Waals surface area contributed by atoms with E-state index in [9.17, 15) is 4.79 Å². The van der Waals surface area contributed by atoms with Gasteiger partial charge in [-0.05, 0) is 87.3 Å². The maximum absolute atomic E-state index is 13.0. The summed E-state index contributed by atoms with van der Waals surface area (Å²) >= 11 is 3.54. The van der Waals surface area contributed by atoms with Crippen LogP contribution >= 0.6 is 15.9 Å². The number of imidazole rings is 1. The van der Waals surface area contributed by atoms with Crippen molar-refractivity contribution in [3.63, 3.8) is 0 Å². The number of nitrogens with one attached hydrogen (secondary N) is 1. The van der Waals surface area contributed by atoms with Gasteiger partial charge >= 0.3 is 0 Å². The minimum atomic E-state index is 0.0422. The quantitative estimate of drug-likeness (QED) is 0.340. The maximum atomic E-state index is 13.0. The third-order valence-corrected chi connectivity index (χ3v) is 7.30. The van der Waals surface area contributed by atoms with Crippen molar-refractivity contribution in [2.24, 2.45) is 5.92 Å². The number of benzene rings is 3. The van der Waals surface area contributed by atoms with E-state index >= 15 is 0 Å². The summed E-state index contributed by atoms with van der Waals surface area (Å²) in [5.41, 5.74) is 6.40. The second-order valence-electron chi connectivity index (χ2n) is 9.14. The molecule has 0 saturated carbocycles. The third-order valence-electron chi connectivity index (χ3n) is 6.77. The van der Waals surface area contributed by atoms with Crippen LogP contribution in [0.25, 0.3) is 16.7 Å². The van der Waals surface area contributed by atoms with Gasteiger partial charge < -0.3 is 5.32 Å². The van der Waals surface area contributed by atoms with E-state index in [4.69, 9.17) is 4.98 Å². The minimum absolute atomic E-state index is 0.0422. The van der Waals surface area contributed by atoms with Gasteiger partial charge in [-0.25, -0.2) is 4.98 Å². The summed E-state index contributed by atoms with van der Waals surface area (Å²) in [6.07, 6.45) is 1.71. The molecule has 0 bridgehead atoms. The largest absolute Gasteiger partial charge is 0.325 e. The molecule has 5 nitrogen and oxygen atoms in total. The molecule has 1 amide bonds. The molecule has 1 aromatic heterocycles. The number of piperidine rings is 1. The van der Waals surface area contributed by atoms with Crippen LogP contribution in [0.2, 0.25) is 0 Å². The van der Waals surface area contributed by atoms with Crippen LogP contribution in [-0.2, 0) is 11.3 Å². The molecule has 3 aromatic carbocycles. The topological polar surface area (TPSA) is 50.2 Å². The maximum Gasteiger partial charge on any atom is 0.227 e. The Bertz CT molecular complexity index is 1300. The average Bonchev–Trinajstić information content (AvgIpc) is 3.20. The zero-order valence-electron chi connectivity index (χ0n) is 19.6. The lowest BCUT2D eigenvalue weighted by Crippen LogP contribution is -2.38. The number of likely N-dealkylation sites (tertiary alicyclic amines) is 1. The lowest BCUT2D eigenvalue weighted by atomic mass is 9.95. The molecule has 1 aliphatic rings. The number of hydrogen-bond donors (Lipinski definition) is 1. The van der Waals surface area contributed by atoms with E-state index in [-0.39, 0.29) is 11.8 Å². The molecule has 0 unspecified atom stereocenters. The molecule has 1 fully saturated rings. The Morgan fingerprint density at radius 1 is 0.971 bits per heavy atom. The second-order valence-corrected chi connectivity index (χ2v) is 10.1. The Balaban J connectivity index is 1.30. The van der Waals surface area contributed by atoms with Gasteiger partial charge in [0.2, 0.25) is 5.91 Å². The Hall–Kier alpha value is -2.96. The Labute approximate surface area is 208 Å². The van der Waals surface area contributed by atoms with Gasteiger partial charge in [-0.1, -0.05) is 46.3 Å². The number of aryl methyl sites for hydroxylation is 2. The van der Waals surface area contributed by atoms with Crippen LogP contribution < -0.4 is 5.32 Å². The normalized spacial score (nSPS) is 15.0. The molecule has 1 saturated heterocycles. The molecule has 174 valence electrons. The van der Waals surface area contributed by atoms with E-state index in [0.717, 1.165) is 76.3 Å². The van der Waals surface area contributed by atoms with Crippen LogP contribution in [-0.4, -0.2) is 33.4 Å². The summed E-state index contributed by atoms with van der Waals surface area (Å²) in [6.45, 7) is 6.62. The van der Waals surface area contributed by atoms with E-state index in [2.05, 4.69) is 73.2 Å². The van der Waals surface area contributed by atoms with Crippen molar-refractivity contribution >= 4 is 38.6 Å². The summed E-state index contributed by atoms with van der Waals surface area (Å²) in [5, 5.41) is 3.19.